The third kappa shape index (κ3) is 3.21. The molecule has 0 atom stereocenters. The van der Waals surface area contributed by atoms with Crippen LogP contribution >= 0.6 is 22.7 Å². The van der Waals surface area contributed by atoms with E-state index in [1.165, 1.54) is 24.5 Å². The molecule has 3 aromatic rings. The van der Waals surface area contributed by atoms with Crippen molar-refractivity contribution in [1.82, 2.24) is 10.2 Å². The number of nitrogens with zero attached hydrogens (tertiary/aromatic N) is 3. The van der Waals surface area contributed by atoms with Crippen molar-refractivity contribution in [3.63, 3.8) is 0 Å². The monoisotopic (exact) mass is 375 g/mol. The number of methoxy groups -OCH3 is 1. The Morgan fingerprint density at radius 2 is 2.24 bits per heavy atom. The molecule has 0 aliphatic carbocycles. The third-order valence-electron chi connectivity index (χ3n) is 3.02. The number of hydrogen-bond donors (Lipinski definition) is 2. The van der Waals surface area contributed by atoms with Crippen molar-refractivity contribution in [3.05, 3.63) is 38.6 Å². The number of nitriles is 1. The van der Waals surface area contributed by atoms with E-state index in [1.54, 1.807) is 10.8 Å². The summed E-state index contributed by atoms with van der Waals surface area (Å²) < 4.78 is 9.66. The van der Waals surface area contributed by atoms with Gasteiger partial charge in [-0.1, -0.05) is 11.3 Å². The van der Waals surface area contributed by atoms with Crippen molar-refractivity contribution in [2.24, 2.45) is 0 Å². The second kappa shape index (κ2) is 6.71. The Morgan fingerprint density at radius 1 is 1.44 bits per heavy atom. The molecule has 0 aliphatic rings. The number of rotatable bonds is 4. The van der Waals surface area contributed by atoms with Gasteiger partial charge in [0.15, 0.2) is 10.8 Å². The molecule has 3 aromatic heterocycles. The lowest BCUT2D eigenvalue weighted by atomic mass is 10.2. The summed E-state index contributed by atoms with van der Waals surface area (Å²) in [6, 6.07) is 3.24. The summed E-state index contributed by atoms with van der Waals surface area (Å²) in [5.41, 5.74) is 5.89. The maximum absolute atomic E-state index is 12.2. The lowest BCUT2D eigenvalue weighted by Gasteiger charge is -2.04. The standard InChI is InChI=1S/C14H9N5O4S2/c1-22-10-8(16)2-9(23-13(10)21)11(20)17-14-19-18-12(25-14)7-5-24-4-6(7)3-15/h2,4-5H,16H2,1H3,(H,17,19,20). The number of ether oxygens (including phenoxy) is 1. The molecule has 0 aromatic carbocycles. The van der Waals surface area contributed by atoms with Gasteiger partial charge in [-0.05, 0) is 0 Å². The van der Waals surface area contributed by atoms with E-state index in [1.807, 2.05) is 0 Å². The first-order chi connectivity index (χ1) is 12.0. The van der Waals surface area contributed by atoms with E-state index in [9.17, 15) is 9.59 Å². The molecule has 11 heteroatoms. The van der Waals surface area contributed by atoms with E-state index in [4.69, 9.17) is 20.1 Å². The highest BCUT2D eigenvalue weighted by molar-refractivity contribution is 7.19. The summed E-state index contributed by atoms with van der Waals surface area (Å²) in [4.78, 5) is 23.9. The summed E-state index contributed by atoms with van der Waals surface area (Å²) in [5.74, 6) is -1.16. The third-order valence-corrected chi connectivity index (χ3v) is 4.64. The summed E-state index contributed by atoms with van der Waals surface area (Å²) in [6.45, 7) is 0. The SMILES string of the molecule is COc1c(N)cc(C(=O)Nc2nnc(-c3cscc3C#N)s2)oc1=O. The van der Waals surface area contributed by atoms with Gasteiger partial charge in [-0.3, -0.25) is 10.1 Å². The van der Waals surface area contributed by atoms with Crippen LogP contribution in [0, 0.1) is 11.3 Å². The number of hydrogen-bond acceptors (Lipinski definition) is 10. The van der Waals surface area contributed by atoms with E-state index in [2.05, 4.69) is 21.6 Å². The van der Waals surface area contributed by atoms with Crippen molar-refractivity contribution in [2.45, 2.75) is 0 Å². The van der Waals surface area contributed by atoms with Crippen molar-refractivity contribution < 1.29 is 13.9 Å². The Morgan fingerprint density at radius 3 is 2.92 bits per heavy atom. The molecule has 0 unspecified atom stereocenters. The first-order valence-corrected chi connectivity index (χ1v) is 8.38. The number of nitrogens with one attached hydrogen (secondary N) is 1. The van der Waals surface area contributed by atoms with Crippen LogP contribution in [0.3, 0.4) is 0 Å². The first-order valence-electron chi connectivity index (χ1n) is 6.62. The molecule has 25 heavy (non-hydrogen) atoms. The van der Waals surface area contributed by atoms with Gasteiger partial charge in [-0.25, -0.2) is 4.79 Å². The number of thiophene rings is 1. The Balaban J connectivity index is 1.83. The number of amides is 1. The predicted molar refractivity (Wildman–Crippen MR) is 91.8 cm³/mol. The molecule has 0 radical (unpaired) electrons. The van der Waals surface area contributed by atoms with Crippen LogP contribution in [0.15, 0.2) is 26.0 Å². The van der Waals surface area contributed by atoms with E-state index < -0.39 is 11.5 Å². The van der Waals surface area contributed by atoms with Crippen LogP contribution in [0.2, 0.25) is 0 Å². The normalized spacial score (nSPS) is 10.2. The van der Waals surface area contributed by atoms with Gasteiger partial charge in [0.1, 0.15) is 6.07 Å². The smallest absolute Gasteiger partial charge is 0.381 e. The molecule has 0 saturated heterocycles. The molecule has 3 N–H and O–H groups in total. The molecule has 0 fully saturated rings. The highest BCUT2D eigenvalue weighted by atomic mass is 32.1. The average molecular weight is 375 g/mol. The fraction of sp³-hybridized carbons (Fsp3) is 0.0714. The molecule has 9 nitrogen and oxygen atoms in total. The first kappa shape index (κ1) is 16.6. The maximum atomic E-state index is 12.2. The number of carbonyl (C=O) groups is 1. The number of nitrogen functional groups attached to an aromatic ring is 1. The van der Waals surface area contributed by atoms with Gasteiger partial charge < -0.3 is 14.9 Å². The lowest BCUT2D eigenvalue weighted by Crippen LogP contribution is -2.16. The number of carbonyl (C=O) groups excluding carboxylic acids is 1. The van der Waals surface area contributed by atoms with E-state index >= 15 is 0 Å². The van der Waals surface area contributed by atoms with Crippen molar-refractivity contribution >= 4 is 39.4 Å². The zero-order valence-electron chi connectivity index (χ0n) is 12.6. The molecule has 0 bridgehead atoms. The summed E-state index contributed by atoms with van der Waals surface area (Å²) in [6.07, 6.45) is 0. The van der Waals surface area contributed by atoms with E-state index in [-0.39, 0.29) is 22.3 Å². The minimum Gasteiger partial charge on any atom is -0.488 e. The molecule has 126 valence electrons. The quantitative estimate of drug-likeness (QED) is 0.704. The predicted octanol–water partition coefficient (Wildman–Crippen LogP) is 1.93. The Hall–Kier alpha value is -3.23. The van der Waals surface area contributed by atoms with Crippen LogP contribution in [0.5, 0.6) is 5.75 Å². The minimum atomic E-state index is -0.859. The number of aromatic nitrogens is 2. The zero-order valence-corrected chi connectivity index (χ0v) is 14.2. The van der Waals surface area contributed by atoms with Crippen molar-refractivity contribution in [1.29, 1.82) is 5.26 Å². The summed E-state index contributed by atoms with van der Waals surface area (Å²) in [7, 11) is 1.27. The molecule has 0 spiro atoms. The van der Waals surface area contributed by atoms with Crippen LogP contribution in [0.1, 0.15) is 16.1 Å². The van der Waals surface area contributed by atoms with Crippen LogP contribution in [0.25, 0.3) is 10.6 Å². The Kier molecular flexibility index (Phi) is 4.46. The van der Waals surface area contributed by atoms with Crippen LogP contribution in [-0.4, -0.2) is 23.2 Å². The molecule has 0 saturated carbocycles. The van der Waals surface area contributed by atoms with Gasteiger partial charge in [0, 0.05) is 22.4 Å². The van der Waals surface area contributed by atoms with Gasteiger partial charge in [-0.2, -0.15) is 16.6 Å². The lowest BCUT2D eigenvalue weighted by molar-refractivity contribution is 0.0991. The highest BCUT2D eigenvalue weighted by Gasteiger charge is 2.18. The molecular formula is C14H9N5O4S2. The molecule has 3 heterocycles. The van der Waals surface area contributed by atoms with Gasteiger partial charge in [-0.15, -0.1) is 10.2 Å². The molecule has 1 amide bonds. The minimum absolute atomic E-state index is 0.0150. The van der Waals surface area contributed by atoms with E-state index in [0.29, 0.717) is 16.1 Å². The van der Waals surface area contributed by atoms with Gasteiger partial charge >= 0.3 is 5.63 Å². The molecule has 3 rings (SSSR count). The zero-order chi connectivity index (χ0) is 18.0. The topological polar surface area (TPSA) is 144 Å². The van der Waals surface area contributed by atoms with Crippen molar-refractivity contribution in [2.75, 3.05) is 18.2 Å². The fourth-order valence-electron chi connectivity index (χ4n) is 1.90. The highest BCUT2D eigenvalue weighted by Crippen LogP contribution is 2.31. The molecular weight excluding hydrogens is 366 g/mol. The summed E-state index contributed by atoms with van der Waals surface area (Å²) >= 11 is 2.45. The fourth-order valence-corrected chi connectivity index (χ4v) is 3.51. The second-order valence-electron chi connectivity index (χ2n) is 4.56. The second-order valence-corrected chi connectivity index (χ2v) is 6.29. The van der Waals surface area contributed by atoms with Crippen LogP contribution < -0.4 is 21.4 Å². The van der Waals surface area contributed by atoms with Crippen molar-refractivity contribution in [3.8, 4) is 22.4 Å². The van der Waals surface area contributed by atoms with E-state index in [0.717, 1.165) is 11.3 Å². The largest absolute Gasteiger partial charge is 0.488 e. The summed E-state index contributed by atoms with van der Waals surface area (Å²) in [5, 5.41) is 23.5. The van der Waals surface area contributed by atoms with Gasteiger partial charge in [0.05, 0.1) is 18.4 Å². The Bertz CT molecular complexity index is 1050. The van der Waals surface area contributed by atoms with Gasteiger partial charge in [0.25, 0.3) is 5.91 Å². The van der Waals surface area contributed by atoms with Crippen LogP contribution in [0.4, 0.5) is 10.8 Å². The maximum Gasteiger partial charge on any atom is 0.381 e. The number of anilines is 2. The van der Waals surface area contributed by atoms with Gasteiger partial charge in [0.2, 0.25) is 10.9 Å². The Labute approximate surface area is 148 Å². The number of nitrogens with two attached hydrogens (primary N) is 1. The molecule has 0 aliphatic heterocycles. The average Bonchev–Trinajstić information content (AvgIpc) is 3.22. The van der Waals surface area contributed by atoms with Crippen LogP contribution in [-0.2, 0) is 0 Å².